The number of nitrogens with zero attached hydrogens (tertiary/aromatic N) is 2. The fourth-order valence-corrected chi connectivity index (χ4v) is 3.29. The molecule has 0 fully saturated rings. The summed E-state index contributed by atoms with van der Waals surface area (Å²) in [6.45, 7) is 1.64. The Morgan fingerprint density at radius 1 is 0.971 bits per heavy atom. The van der Waals surface area contributed by atoms with Crippen LogP contribution in [0.4, 0.5) is 15.5 Å². The van der Waals surface area contributed by atoms with Gasteiger partial charge in [0.05, 0.1) is 40.1 Å². The molecule has 0 saturated heterocycles. The zero-order valence-electron chi connectivity index (χ0n) is 20.4. The Hall–Kier alpha value is -3.14. The molecule has 1 heterocycles. The molecule has 0 unspecified atom stereocenters. The van der Waals surface area contributed by atoms with Crippen LogP contribution in [0, 0.1) is 6.92 Å². The van der Waals surface area contributed by atoms with Gasteiger partial charge < -0.3 is 26.1 Å². The summed E-state index contributed by atoms with van der Waals surface area (Å²) < 4.78 is 45.4. The molecule has 0 spiro atoms. The van der Waals surface area contributed by atoms with Crippen LogP contribution in [0.5, 0.6) is 11.8 Å². The Morgan fingerprint density at radius 2 is 1.50 bits per heavy atom. The van der Waals surface area contributed by atoms with Gasteiger partial charge in [-0.15, -0.1) is 0 Å². The van der Waals surface area contributed by atoms with Crippen LogP contribution in [0.2, 0.25) is 0 Å². The number of aryl methyl sites for hydroxylation is 1. The minimum atomic E-state index is -4.40. The molecule has 182 valence electrons. The quantitative estimate of drug-likeness (QED) is 0.285. The second-order valence-electron chi connectivity index (χ2n) is 5.85. The number of nitrogens with one attached hydrogen (secondary N) is 2. The number of nitrogens with two attached hydrogens (primary N) is 1. The molecule has 0 saturated carbocycles. The van der Waals surface area contributed by atoms with E-state index in [1.165, 1.54) is 39.5 Å². The predicted molar refractivity (Wildman–Crippen MR) is 115 cm³/mol. The molecule has 0 radical (unpaired) electrons. The van der Waals surface area contributed by atoms with Crippen molar-refractivity contribution in [3.63, 3.8) is 0 Å². The molecule has 0 aliphatic heterocycles. The van der Waals surface area contributed by atoms with Crippen LogP contribution < -0.4 is 54.8 Å². The van der Waals surface area contributed by atoms with Gasteiger partial charge >= 0.3 is 47.7 Å². The molecule has 1 aromatic heterocycles. The first-order valence-electron chi connectivity index (χ1n) is 8.80. The summed E-state index contributed by atoms with van der Waals surface area (Å²) in [5.41, 5.74) is 4.78. The topological polar surface area (TPSA) is 198 Å². The van der Waals surface area contributed by atoms with Crippen LogP contribution in [-0.4, -0.2) is 64.9 Å². The van der Waals surface area contributed by atoms with Gasteiger partial charge in [-0.2, -0.15) is 9.97 Å². The first kappa shape index (κ1) is 30.9. The van der Waals surface area contributed by atoms with Gasteiger partial charge in [0, 0.05) is 0 Å². The normalized spacial score (nSPS) is 9.79. The van der Waals surface area contributed by atoms with Crippen LogP contribution >= 0.6 is 0 Å². The van der Waals surface area contributed by atoms with Crippen LogP contribution in [0.3, 0.4) is 0 Å². The Bertz CT molecular complexity index is 1110. The van der Waals surface area contributed by atoms with Crippen molar-refractivity contribution in [3.8, 4) is 11.8 Å². The van der Waals surface area contributed by atoms with E-state index in [9.17, 15) is 22.8 Å². The van der Waals surface area contributed by atoms with Crippen molar-refractivity contribution in [3.05, 3.63) is 35.4 Å². The fraction of sp³-hybridized carbons (Fsp3) is 0.278. The number of urea groups is 1. The summed E-state index contributed by atoms with van der Waals surface area (Å²) in [5, 5.41) is 2.17. The summed E-state index contributed by atoms with van der Waals surface area (Å²) in [6.07, 6.45) is -0.745. The van der Waals surface area contributed by atoms with E-state index in [0.717, 1.165) is 7.11 Å². The number of aromatic nitrogens is 2. The first-order valence-corrected chi connectivity index (χ1v) is 10.3. The zero-order valence-corrected chi connectivity index (χ0v) is 22.2. The van der Waals surface area contributed by atoms with Crippen LogP contribution in [0.25, 0.3) is 0 Å². The summed E-state index contributed by atoms with van der Waals surface area (Å²) in [7, 11) is 0.640. The molecule has 2 rings (SSSR count). The van der Waals surface area contributed by atoms with E-state index < -0.39 is 33.0 Å². The molecule has 2 aromatic rings. The van der Waals surface area contributed by atoms with Gasteiger partial charge in [-0.3, -0.25) is 5.32 Å². The van der Waals surface area contributed by atoms with Crippen molar-refractivity contribution in [2.24, 2.45) is 5.73 Å². The number of sulfonamides is 1. The third-order valence-corrected chi connectivity index (χ3v) is 4.95. The Morgan fingerprint density at radius 3 is 1.94 bits per heavy atom. The summed E-state index contributed by atoms with van der Waals surface area (Å²) in [4.78, 5) is 40.7. The number of carbonyl (C=O) groups excluding carboxylic acids is 3. The molecule has 4 N–H and O–H groups in total. The minimum Gasteiger partial charge on any atom is -1.00 e. The Kier molecular flexibility index (Phi) is 12.9. The summed E-state index contributed by atoms with van der Waals surface area (Å²) >= 11 is 0. The number of hydrogen-bond donors (Lipinski definition) is 3. The van der Waals surface area contributed by atoms with E-state index in [1.54, 1.807) is 17.7 Å². The van der Waals surface area contributed by atoms with E-state index in [1.807, 2.05) is 0 Å². The molecule has 16 heteroatoms. The van der Waals surface area contributed by atoms with Crippen molar-refractivity contribution in [2.45, 2.75) is 11.8 Å². The van der Waals surface area contributed by atoms with Crippen molar-refractivity contribution in [2.75, 3.05) is 33.8 Å². The number of methoxy groups -OCH3 is 4. The SMILES string of the molecule is COC(=O)c1ccc(C)cc1S(=O)(=O)NC(=O)Nc1nc(OC)cc(OC)n1.COC(N)=O.[H-].[Na+]. The standard InChI is InChI=1S/C16H18N4O7S.C2H5NO2.Na.H/c1-9-5-6-10(14(21)27-4)11(7-9)28(23,24)20-16(22)19-15-17-12(25-2)8-13(18-15)26-3;1-5-2(3)4;;/h5-8H,1-4H3,(H2,17,18,19,20,22);1H3,(H2,3,4);;/q;;+1;-1. The van der Waals surface area contributed by atoms with Gasteiger partial charge in [0.2, 0.25) is 17.7 Å². The second kappa shape index (κ2) is 14.2. The maximum Gasteiger partial charge on any atom is 1.00 e. The van der Waals surface area contributed by atoms with Crippen molar-refractivity contribution >= 4 is 34.1 Å². The largest absolute Gasteiger partial charge is 1.00 e. The second-order valence-corrected chi connectivity index (χ2v) is 7.50. The average molecular weight is 509 g/mol. The van der Waals surface area contributed by atoms with E-state index >= 15 is 0 Å². The molecular formula is C18H24N5NaO9S. The summed E-state index contributed by atoms with van der Waals surface area (Å²) in [6, 6.07) is 4.31. The molecule has 34 heavy (non-hydrogen) atoms. The number of esters is 1. The van der Waals surface area contributed by atoms with Gasteiger partial charge in [0.15, 0.2) is 0 Å². The molecule has 3 amide bonds. The van der Waals surface area contributed by atoms with Gasteiger partial charge in [0.1, 0.15) is 4.90 Å². The third-order valence-electron chi connectivity index (χ3n) is 3.58. The van der Waals surface area contributed by atoms with Gasteiger partial charge in [0.25, 0.3) is 10.0 Å². The number of benzene rings is 1. The zero-order chi connectivity index (χ0) is 25.2. The molecule has 0 aliphatic rings. The predicted octanol–water partition coefficient (Wildman–Crippen LogP) is -2.07. The maximum absolute atomic E-state index is 12.6. The Balaban J connectivity index is 0. The molecule has 0 atom stereocenters. The number of amides is 3. The number of carbonyl (C=O) groups is 3. The van der Waals surface area contributed by atoms with Crippen LogP contribution in [-0.2, 0) is 19.5 Å². The number of ether oxygens (including phenoxy) is 4. The van der Waals surface area contributed by atoms with Gasteiger partial charge in [-0.25, -0.2) is 27.5 Å². The smallest absolute Gasteiger partial charge is 1.00 e. The minimum absolute atomic E-state index is 0. The van der Waals surface area contributed by atoms with Crippen LogP contribution in [0.1, 0.15) is 17.3 Å². The third kappa shape index (κ3) is 9.38. The summed E-state index contributed by atoms with van der Waals surface area (Å²) in [5.74, 6) is -0.920. The molecular weight excluding hydrogens is 485 g/mol. The van der Waals surface area contributed by atoms with Gasteiger partial charge in [-0.05, 0) is 24.6 Å². The van der Waals surface area contributed by atoms with E-state index in [4.69, 9.17) is 9.47 Å². The van der Waals surface area contributed by atoms with Crippen molar-refractivity contribution in [1.29, 1.82) is 0 Å². The number of hydrogen-bond acceptors (Lipinski definition) is 11. The first-order chi connectivity index (χ1) is 15.5. The number of anilines is 1. The van der Waals surface area contributed by atoms with E-state index in [-0.39, 0.29) is 54.3 Å². The van der Waals surface area contributed by atoms with E-state index in [0.29, 0.717) is 5.56 Å². The van der Waals surface area contributed by atoms with Crippen molar-refractivity contribution < 1.29 is 72.7 Å². The number of rotatable bonds is 6. The van der Waals surface area contributed by atoms with E-state index in [2.05, 4.69) is 30.5 Å². The molecule has 0 bridgehead atoms. The number of primary amides is 1. The van der Waals surface area contributed by atoms with Gasteiger partial charge in [-0.1, -0.05) is 6.07 Å². The average Bonchev–Trinajstić information content (AvgIpc) is 2.77. The molecule has 14 nitrogen and oxygen atoms in total. The maximum atomic E-state index is 12.6. The molecule has 1 aromatic carbocycles. The monoisotopic (exact) mass is 509 g/mol. The Labute approximate surface area is 219 Å². The van der Waals surface area contributed by atoms with Crippen molar-refractivity contribution in [1.82, 2.24) is 14.7 Å². The molecule has 0 aliphatic carbocycles. The van der Waals surface area contributed by atoms with Crippen LogP contribution in [0.15, 0.2) is 29.2 Å². The fourth-order valence-electron chi connectivity index (χ4n) is 2.10.